The molecule has 2 aromatic heterocycles. The van der Waals surface area contributed by atoms with Crippen molar-refractivity contribution in [3.05, 3.63) is 41.7 Å². The molecule has 0 radical (unpaired) electrons. The van der Waals surface area contributed by atoms with E-state index in [1.54, 1.807) is 16.8 Å². The third-order valence-corrected chi connectivity index (χ3v) is 6.05. The molecule has 3 heterocycles. The smallest absolute Gasteiger partial charge is 0.326 e. The van der Waals surface area contributed by atoms with Crippen molar-refractivity contribution in [2.24, 2.45) is 5.92 Å². The summed E-state index contributed by atoms with van der Waals surface area (Å²) in [4.78, 5) is 38.6. The highest BCUT2D eigenvalue weighted by atomic mass is 16.5. The van der Waals surface area contributed by atoms with E-state index in [0.29, 0.717) is 17.5 Å². The molecular weight excluding hydrogens is 372 g/mol. The van der Waals surface area contributed by atoms with Gasteiger partial charge in [0, 0.05) is 18.0 Å². The molecule has 1 aliphatic heterocycles. The topological polar surface area (TPSA) is 104 Å². The standard InChI is InChI=1S/C21H22N4O4/c1-14-6-2-4-8-21(14)19(27)25(20(28)23-21)12-18(26)29-13-15-11-24-9-5-3-7-17(24)16(15)10-22/h3,5,7,9,11,14H,2,4,6,8,12-13H2,1H3,(H,23,28). The van der Waals surface area contributed by atoms with Crippen LogP contribution in [0.1, 0.15) is 43.7 Å². The number of ether oxygens (including phenoxy) is 1. The number of aromatic nitrogens is 1. The van der Waals surface area contributed by atoms with E-state index in [0.717, 1.165) is 29.7 Å². The quantitative estimate of drug-likeness (QED) is 0.633. The Bertz CT molecular complexity index is 1040. The van der Waals surface area contributed by atoms with Crippen LogP contribution >= 0.6 is 0 Å². The van der Waals surface area contributed by atoms with Crippen molar-refractivity contribution >= 4 is 23.4 Å². The second kappa shape index (κ2) is 7.24. The second-order valence-corrected chi connectivity index (χ2v) is 7.73. The second-order valence-electron chi connectivity index (χ2n) is 7.73. The molecule has 1 spiro atoms. The van der Waals surface area contributed by atoms with Crippen molar-refractivity contribution in [2.75, 3.05) is 6.54 Å². The van der Waals surface area contributed by atoms with Gasteiger partial charge in [-0.05, 0) is 30.9 Å². The van der Waals surface area contributed by atoms with Gasteiger partial charge in [0.25, 0.3) is 5.91 Å². The van der Waals surface area contributed by atoms with Gasteiger partial charge in [0.2, 0.25) is 0 Å². The van der Waals surface area contributed by atoms with E-state index in [2.05, 4.69) is 11.4 Å². The van der Waals surface area contributed by atoms with E-state index in [1.807, 2.05) is 25.1 Å². The molecule has 1 N–H and O–H groups in total. The van der Waals surface area contributed by atoms with Crippen LogP contribution in [0.3, 0.4) is 0 Å². The summed E-state index contributed by atoms with van der Waals surface area (Å²) >= 11 is 0. The molecule has 4 rings (SSSR count). The monoisotopic (exact) mass is 394 g/mol. The Morgan fingerprint density at radius 3 is 2.97 bits per heavy atom. The van der Waals surface area contributed by atoms with E-state index in [1.165, 1.54) is 0 Å². The summed E-state index contributed by atoms with van der Waals surface area (Å²) in [6, 6.07) is 7.05. The summed E-state index contributed by atoms with van der Waals surface area (Å²) in [7, 11) is 0. The number of esters is 1. The van der Waals surface area contributed by atoms with Crippen LogP contribution in [0.25, 0.3) is 5.52 Å². The van der Waals surface area contributed by atoms with Crippen LogP contribution in [-0.2, 0) is 20.9 Å². The summed E-state index contributed by atoms with van der Waals surface area (Å²) in [5.74, 6) is -1.01. The van der Waals surface area contributed by atoms with Crippen LogP contribution in [0.4, 0.5) is 4.79 Å². The molecule has 1 aliphatic carbocycles. The molecule has 2 unspecified atom stereocenters. The molecule has 1 saturated carbocycles. The molecule has 3 amide bonds. The average molecular weight is 394 g/mol. The molecule has 1 saturated heterocycles. The number of nitrogens with one attached hydrogen (secondary N) is 1. The van der Waals surface area contributed by atoms with Crippen molar-refractivity contribution in [3.8, 4) is 6.07 Å². The molecule has 150 valence electrons. The molecule has 8 heteroatoms. The lowest BCUT2D eigenvalue weighted by atomic mass is 9.73. The fraction of sp³-hybridized carbons (Fsp3) is 0.429. The van der Waals surface area contributed by atoms with Crippen LogP contribution in [-0.4, -0.2) is 39.3 Å². The van der Waals surface area contributed by atoms with Crippen LogP contribution in [0.15, 0.2) is 30.6 Å². The molecule has 2 aliphatic rings. The minimum absolute atomic E-state index is 0.0284. The maximum absolute atomic E-state index is 12.9. The normalized spacial score (nSPS) is 24.0. The number of fused-ring (bicyclic) bond motifs is 1. The Hall–Kier alpha value is -3.34. The van der Waals surface area contributed by atoms with Gasteiger partial charge >= 0.3 is 12.0 Å². The van der Waals surface area contributed by atoms with Crippen molar-refractivity contribution in [3.63, 3.8) is 0 Å². The highest BCUT2D eigenvalue weighted by molar-refractivity contribution is 6.09. The van der Waals surface area contributed by atoms with Gasteiger partial charge in [-0.2, -0.15) is 5.26 Å². The number of rotatable bonds is 4. The first-order valence-corrected chi connectivity index (χ1v) is 9.74. The predicted molar refractivity (Wildman–Crippen MR) is 103 cm³/mol. The van der Waals surface area contributed by atoms with Gasteiger partial charge in [0.1, 0.15) is 24.8 Å². The molecule has 2 fully saturated rings. The molecule has 8 nitrogen and oxygen atoms in total. The lowest BCUT2D eigenvalue weighted by Crippen LogP contribution is -2.54. The third-order valence-electron chi connectivity index (χ3n) is 6.05. The Kier molecular flexibility index (Phi) is 4.74. The van der Waals surface area contributed by atoms with Gasteiger partial charge in [0.05, 0.1) is 11.1 Å². The fourth-order valence-corrected chi connectivity index (χ4v) is 4.39. The number of nitrogens with zero attached hydrogens (tertiary/aromatic N) is 3. The Labute approximate surface area is 168 Å². The molecule has 0 aromatic carbocycles. The fourth-order valence-electron chi connectivity index (χ4n) is 4.39. The largest absolute Gasteiger partial charge is 0.459 e. The van der Waals surface area contributed by atoms with Crippen LogP contribution in [0, 0.1) is 17.2 Å². The number of nitriles is 1. The van der Waals surface area contributed by atoms with Gasteiger partial charge in [-0.3, -0.25) is 14.5 Å². The number of carbonyl (C=O) groups is 3. The molecular formula is C21H22N4O4. The number of pyridine rings is 1. The molecule has 0 bridgehead atoms. The Morgan fingerprint density at radius 1 is 1.38 bits per heavy atom. The van der Waals surface area contributed by atoms with Crippen LogP contribution < -0.4 is 5.32 Å². The van der Waals surface area contributed by atoms with Crippen LogP contribution in [0.5, 0.6) is 0 Å². The van der Waals surface area contributed by atoms with Crippen molar-refractivity contribution < 1.29 is 19.1 Å². The number of imide groups is 1. The number of hydrogen-bond acceptors (Lipinski definition) is 5. The van der Waals surface area contributed by atoms with Crippen molar-refractivity contribution in [1.82, 2.24) is 14.6 Å². The average Bonchev–Trinajstić information content (AvgIpc) is 3.19. The van der Waals surface area contributed by atoms with Gasteiger partial charge in [-0.1, -0.05) is 25.8 Å². The van der Waals surface area contributed by atoms with Gasteiger partial charge < -0.3 is 14.5 Å². The molecule has 2 atom stereocenters. The van der Waals surface area contributed by atoms with Crippen molar-refractivity contribution in [2.45, 2.75) is 44.8 Å². The van der Waals surface area contributed by atoms with Crippen molar-refractivity contribution in [1.29, 1.82) is 5.26 Å². The minimum atomic E-state index is -0.899. The maximum Gasteiger partial charge on any atom is 0.326 e. The molecule has 2 aromatic rings. The van der Waals surface area contributed by atoms with E-state index in [-0.39, 0.29) is 18.4 Å². The van der Waals surface area contributed by atoms with Crippen LogP contribution in [0.2, 0.25) is 0 Å². The highest BCUT2D eigenvalue weighted by Crippen LogP contribution is 2.38. The van der Waals surface area contributed by atoms with Gasteiger partial charge in [-0.25, -0.2) is 4.79 Å². The zero-order valence-corrected chi connectivity index (χ0v) is 16.2. The van der Waals surface area contributed by atoms with E-state index in [4.69, 9.17) is 4.74 Å². The third kappa shape index (κ3) is 3.12. The number of carbonyl (C=O) groups excluding carboxylic acids is 3. The maximum atomic E-state index is 12.9. The first-order valence-electron chi connectivity index (χ1n) is 9.74. The van der Waals surface area contributed by atoms with E-state index >= 15 is 0 Å². The summed E-state index contributed by atoms with van der Waals surface area (Å²) < 4.78 is 7.07. The number of amides is 3. The first kappa shape index (κ1) is 19.0. The first-order chi connectivity index (χ1) is 14.0. The SMILES string of the molecule is CC1CCCCC12NC(=O)N(CC(=O)OCc1cn3ccccc3c1C#N)C2=O. The predicted octanol–water partition coefficient (Wildman–Crippen LogP) is 2.35. The number of hydrogen-bond donors (Lipinski definition) is 1. The van der Waals surface area contributed by atoms with Gasteiger partial charge in [0.15, 0.2) is 0 Å². The number of urea groups is 1. The molecule has 29 heavy (non-hydrogen) atoms. The van der Waals surface area contributed by atoms with Gasteiger partial charge in [-0.15, -0.1) is 0 Å². The summed E-state index contributed by atoms with van der Waals surface area (Å²) in [5.41, 5.74) is 0.831. The summed E-state index contributed by atoms with van der Waals surface area (Å²) in [6.45, 7) is 1.42. The Morgan fingerprint density at radius 2 is 2.21 bits per heavy atom. The Balaban J connectivity index is 1.44. The zero-order chi connectivity index (χ0) is 20.6. The lowest BCUT2D eigenvalue weighted by molar-refractivity contribution is -0.149. The van der Waals surface area contributed by atoms with E-state index in [9.17, 15) is 19.6 Å². The lowest BCUT2D eigenvalue weighted by Gasteiger charge is -2.36. The zero-order valence-electron chi connectivity index (χ0n) is 16.2. The summed E-state index contributed by atoms with van der Waals surface area (Å²) in [6.07, 6.45) is 6.89. The summed E-state index contributed by atoms with van der Waals surface area (Å²) in [5, 5.41) is 12.2. The highest BCUT2D eigenvalue weighted by Gasteiger charge is 2.55. The van der Waals surface area contributed by atoms with E-state index < -0.39 is 24.1 Å². The minimum Gasteiger partial charge on any atom is -0.459 e.